The monoisotopic (exact) mass is 331 g/mol. The standard InChI is InChI=1S/C10H14IN5/c1-6-7(3-2-4-8(6)11)5-15-10(14)16-9(12)13/h2-4H,5H2,1H3,(H6,12,13,14,15,16). The Balaban J connectivity index is 2.58. The minimum Gasteiger partial charge on any atom is -0.370 e. The number of halogens is 1. The van der Waals surface area contributed by atoms with E-state index in [1.807, 2.05) is 25.1 Å². The zero-order valence-electron chi connectivity index (χ0n) is 8.89. The van der Waals surface area contributed by atoms with Crippen molar-refractivity contribution >= 4 is 34.5 Å². The molecule has 0 atom stereocenters. The molecule has 0 radical (unpaired) electrons. The average molecular weight is 331 g/mol. The van der Waals surface area contributed by atoms with Crippen molar-refractivity contribution in [2.24, 2.45) is 5.73 Å². The van der Waals surface area contributed by atoms with Gasteiger partial charge < -0.3 is 11.1 Å². The van der Waals surface area contributed by atoms with E-state index in [4.69, 9.17) is 16.6 Å². The van der Waals surface area contributed by atoms with E-state index in [1.54, 1.807) is 0 Å². The third-order valence-electron chi connectivity index (χ3n) is 2.10. The molecule has 0 bridgehead atoms. The van der Waals surface area contributed by atoms with Crippen molar-refractivity contribution in [1.82, 2.24) is 10.6 Å². The fourth-order valence-electron chi connectivity index (χ4n) is 1.21. The summed E-state index contributed by atoms with van der Waals surface area (Å²) in [5, 5.41) is 19.6. The summed E-state index contributed by atoms with van der Waals surface area (Å²) in [6, 6.07) is 6.03. The van der Waals surface area contributed by atoms with Gasteiger partial charge in [0, 0.05) is 10.1 Å². The summed E-state index contributed by atoms with van der Waals surface area (Å²) in [7, 11) is 0. The molecule has 6 heteroatoms. The number of hydrogen-bond donors (Lipinski definition) is 5. The van der Waals surface area contributed by atoms with Crippen LogP contribution in [0.4, 0.5) is 0 Å². The Kier molecular flexibility index (Phi) is 4.53. The van der Waals surface area contributed by atoms with E-state index in [-0.39, 0.29) is 11.9 Å². The molecular formula is C10H14IN5. The van der Waals surface area contributed by atoms with Gasteiger partial charge in [-0.3, -0.25) is 16.1 Å². The van der Waals surface area contributed by atoms with Crippen LogP contribution in [0.3, 0.4) is 0 Å². The molecule has 0 spiro atoms. The van der Waals surface area contributed by atoms with E-state index in [2.05, 4.69) is 33.2 Å². The van der Waals surface area contributed by atoms with E-state index in [0.29, 0.717) is 6.54 Å². The molecule has 5 nitrogen and oxygen atoms in total. The van der Waals surface area contributed by atoms with Crippen molar-refractivity contribution in [3.05, 3.63) is 32.9 Å². The van der Waals surface area contributed by atoms with Crippen LogP contribution in [-0.2, 0) is 6.54 Å². The molecule has 0 aliphatic rings. The molecule has 0 saturated carbocycles. The summed E-state index contributed by atoms with van der Waals surface area (Å²) in [5.74, 6) is -0.206. The fourth-order valence-corrected chi connectivity index (χ4v) is 1.76. The van der Waals surface area contributed by atoms with Crippen molar-refractivity contribution < 1.29 is 0 Å². The molecule has 1 aromatic rings. The van der Waals surface area contributed by atoms with Gasteiger partial charge in [-0.15, -0.1) is 0 Å². The van der Waals surface area contributed by atoms with Crippen molar-refractivity contribution in [3.63, 3.8) is 0 Å². The zero-order chi connectivity index (χ0) is 12.1. The predicted octanol–water partition coefficient (Wildman–Crippen LogP) is 1.11. The fraction of sp³-hybridized carbons (Fsp3) is 0.200. The quantitative estimate of drug-likeness (QED) is 0.319. The van der Waals surface area contributed by atoms with Gasteiger partial charge in [0.05, 0.1) is 0 Å². The maximum absolute atomic E-state index is 7.45. The summed E-state index contributed by atoms with van der Waals surface area (Å²) in [5.41, 5.74) is 7.43. The highest BCUT2D eigenvalue weighted by Crippen LogP contribution is 2.15. The average Bonchev–Trinajstić information content (AvgIpc) is 2.19. The molecule has 0 heterocycles. The Morgan fingerprint density at radius 3 is 2.75 bits per heavy atom. The molecule has 0 saturated heterocycles. The Hall–Kier alpha value is -1.31. The Labute approximate surface area is 108 Å². The molecule has 86 valence electrons. The number of hydrogen-bond acceptors (Lipinski definition) is 2. The minimum atomic E-state index is -0.239. The second-order valence-electron chi connectivity index (χ2n) is 3.29. The Morgan fingerprint density at radius 2 is 2.12 bits per heavy atom. The van der Waals surface area contributed by atoms with Crippen LogP contribution < -0.4 is 16.4 Å². The summed E-state index contributed by atoms with van der Waals surface area (Å²) in [6.07, 6.45) is 0. The third-order valence-corrected chi connectivity index (χ3v) is 3.26. The van der Waals surface area contributed by atoms with Crippen molar-refractivity contribution in [3.8, 4) is 0 Å². The first-order chi connectivity index (χ1) is 7.50. The highest BCUT2D eigenvalue weighted by Gasteiger charge is 2.02. The minimum absolute atomic E-state index is 0.0331. The Morgan fingerprint density at radius 1 is 1.44 bits per heavy atom. The van der Waals surface area contributed by atoms with Crippen LogP contribution in [0.5, 0.6) is 0 Å². The number of guanidine groups is 2. The van der Waals surface area contributed by atoms with Gasteiger partial charge in [0.15, 0.2) is 11.9 Å². The summed E-state index contributed by atoms with van der Waals surface area (Å²) in [6.45, 7) is 2.59. The van der Waals surface area contributed by atoms with Crippen LogP contribution in [0, 0.1) is 21.3 Å². The van der Waals surface area contributed by atoms with Gasteiger partial charge in [-0.05, 0) is 46.7 Å². The van der Waals surface area contributed by atoms with E-state index in [1.165, 1.54) is 9.13 Å². The second kappa shape index (κ2) is 5.69. The molecule has 16 heavy (non-hydrogen) atoms. The second-order valence-corrected chi connectivity index (χ2v) is 4.45. The lowest BCUT2D eigenvalue weighted by Crippen LogP contribution is -2.43. The molecular weight excluding hydrogens is 317 g/mol. The summed E-state index contributed by atoms with van der Waals surface area (Å²) in [4.78, 5) is 0. The van der Waals surface area contributed by atoms with Crippen molar-refractivity contribution in [2.75, 3.05) is 0 Å². The predicted molar refractivity (Wildman–Crippen MR) is 73.5 cm³/mol. The smallest absolute Gasteiger partial charge is 0.195 e. The van der Waals surface area contributed by atoms with Gasteiger partial charge in [-0.25, -0.2) is 0 Å². The molecule has 0 fully saturated rings. The molecule has 0 amide bonds. The van der Waals surface area contributed by atoms with Gasteiger partial charge in [-0.1, -0.05) is 12.1 Å². The first kappa shape index (κ1) is 12.8. The number of nitrogens with one attached hydrogen (secondary N) is 4. The molecule has 0 aliphatic heterocycles. The van der Waals surface area contributed by atoms with Gasteiger partial charge in [0.25, 0.3) is 0 Å². The third kappa shape index (κ3) is 3.69. The lowest BCUT2D eigenvalue weighted by atomic mass is 10.1. The molecule has 1 aromatic carbocycles. The number of benzene rings is 1. The van der Waals surface area contributed by atoms with Gasteiger partial charge in [-0.2, -0.15) is 0 Å². The number of rotatable bonds is 2. The maximum Gasteiger partial charge on any atom is 0.195 e. The lowest BCUT2D eigenvalue weighted by molar-refractivity contribution is 0.869. The van der Waals surface area contributed by atoms with Crippen LogP contribution in [-0.4, -0.2) is 11.9 Å². The molecule has 6 N–H and O–H groups in total. The molecule has 0 aliphatic carbocycles. The van der Waals surface area contributed by atoms with Gasteiger partial charge >= 0.3 is 0 Å². The van der Waals surface area contributed by atoms with Crippen LogP contribution in [0.25, 0.3) is 0 Å². The Bertz CT molecular complexity index is 416. The van der Waals surface area contributed by atoms with Crippen molar-refractivity contribution in [2.45, 2.75) is 13.5 Å². The first-order valence-corrected chi connectivity index (χ1v) is 5.76. The van der Waals surface area contributed by atoms with E-state index in [0.717, 1.165) is 5.56 Å². The largest absolute Gasteiger partial charge is 0.370 e. The van der Waals surface area contributed by atoms with E-state index in [9.17, 15) is 0 Å². The van der Waals surface area contributed by atoms with Crippen molar-refractivity contribution in [1.29, 1.82) is 10.8 Å². The molecule has 1 rings (SSSR count). The van der Waals surface area contributed by atoms with Crippen LogP contribution in [0.1, 0.15) is 11.1 Å². The van der Waals surface area contributed by atoms with Gasteiger partial charge in [0.1, 0.15) is 0 Å². The SMILES string of the molecule is Cc1c(I)cccc1CNC(=N)NC(=N)N. The van der Waals surface area contributed by atoms with Gasteiger partial charge in [0.2, 0.25) is 0 Å². The van der Waals surface area contributed by atoms with E-state index < -0.39 is 0 Å². The van der Waals surface area contributed by atoms with Crippen LogP contribution in [0.2, 0.25) is 0 Å². The first-order valence-electron chi connectivity index (χ1n) is 4.68. The maximum atomic E-state index is 7.45. The summed E-state index contributed by atoms with van der Waals surface area (Å²) < 4.78 is 1.20. The normalized spacial score (nSPS) is 9.62. The number of nitrogens with two attached hydrogens (primary N) is 1. The van der Waals surface area contributed by atoms with Crippen LogP contribution in [0.15, 0.2) is 18.2 Å². The molecule has 0 unspecified atom stereocenters. The topological polar surface area (TPSA) is 97.8 Å². The van der Waals surface area contributed by atoms with Crippen LogP contribution >= 0.6 is 22.6 Å². The lowest BCUT2D eigenvalue weighted by Gasteiger charge is -2.11. The summed E-state index contributed by atoms with van der Waals surface area (Å²) >= 11 is 2.28. The molecule has 0 aromatic heterocycles. The highest BCUT2D eigenvalue weighted by atomic mass is 127. The zero-order valence-corrected chi connectivity index (χ0v) is 11.1. The van der Waals surface area contributed by atoms with E-state index >= 15 is 0 Å². The highest BCUT2D eigenvalue weighted by molar-refractivity contribution is 14.1.